The molecule has 2 fully saturated rings. The van der Waals surface area contributed by atoms with Crippen LogP contribution in [0.2, 0.25) is 0 Å². The van der Waals surface area contributed by atoms with Crippen LogP contribution in [0.4, 0.5) is 0 Å². The molecule has 2 aliphatic heterocycles. The maximum Gasteiger partial charge on any atom is 0.324 e. The van der Waals surface area contributed by atoms with E-state index in [0.717, 1.165) is 51.7 Å². The number of esters is 1. The van der Waals surface area contributed by atoms with E-state index in [1.54, 1.807) is 6.92 Å². The maximum atomic E-state index is 12.4. The summed E-state index contributed by atoms with van der Waals surface area (Å²) in [6.07, 6.45) is 6.83. The van der Waals surface area contributed by atoms with Crippen molar-refractivity contribution < 1.29 is 14.3 Å². The van der Waals surface area contributed by atoms with E-state index in [1.807, 2.05) is 16.8 Å². The Morgan fingerprint density at radius 1 is 1.00 bits per heavy atom. The maximum absolute atomic E-state index is 12.4. The number of likely N-dealkylation sites (tertiary alicyclic amines) is 2. The van der Waals surface area contributed by atoms with Crippen molar-refractivity contribution in [1.82, 2.24) is 9.80 Å². The second-order valence-corrected chi connectivity index (χ2v) is 6.31. The Morgan fingerprint density at radius 3 is 2.24 bits per heavy atom. The fraction of sp³-hybridized carbons (Fsp3) is 0.875. The normalized spacial score (nSPS) is 26.0. The lowest BCUT2D eigenvalue weighted by Crippen LogP contribution is -2.46. The lowest BCUT2D eigenvalue weighted by molar-refractivity contribution is -0.164. The van der Waals surface area contributed by atoms with Crippen molar-refractivity contribution in [3.8, 4) is 0 Å². The summed E-state index contributed by atoms with van der Waals surface area (Å²) in [6, 6.07) is -0.182. The van der Waals surface area contributed by atoms with Gasteiger partial charge in [0.1, 0.15) is 6.04 Å². The van der Waals surface area contributed by atoms with Gasteiger partial charge in [0.15, 0.2) is 6.10 Å². The van der Waals surface area contributed by atoms with Gasteiger partial charge in [0.25, 0.3) is 5.91 Å². The Balaban J connectivity index is 1.85. The summed E-state index contributed by atoms with van der Waals surface area (Å²) in [4.78, 5) is 28.5. The summed E-state index contributed by atoms with van der Waals surface area (Å²) in [7, 11) is 1.95. The van der Waals surface area contributed by atoms with Gasteiger partial charge in [0.2, 0.25) is 0 Å². The molecule has 0 unspecified atom stereocenters. The van der Waals surface area contributed by atoms with Crippen LogP contribution in [0, 0.1) is 0 Å². The molecular weight excluding hydrogens is 268 g/mol. The van der Waals surface area contributed by atoms with E-state index in [1.165, 1.54) is 12.8 Å². The second kappa shape index (κ2) is 7.78. The zero-order valence-corrected chi connectivity index (χ0v) is 13.3. The van der Waals surface area contributed by atoms with Crippen LogP contribution in [0.25, 0.3) is 0 Å². The highest BCUT2D eigenvalue weighted by Crippen LogP contribution is 2.17. The van der Waals surface area contributed by atoms with Gasteiger partial charge in [0.05, 0.1) is 0 Å². The van der Waals surface area contributed by atoms with Gasteiger partial charge in [-0.05, 0) is 46.2 Å². The summed E-state index contributed by atoms with van der Waals surface area (Å²) in [5.74, 6) is -0.281. The molecule has 2 heterocycles. The number of ether oxygens (including phenoxy) is 1. The summed E-state index contributed by atoms with van der Waals surface area (Å²) < 4.78 is 5.44. The Hall–Kier alpha value is -1.10. The number of piperidine rings is 1. The Morgan fingerprint density at radius 2 is 1.62 bits per heavy atom. The van der Waals surface area contributed by atoms with Crippen LogP contribution in [0.15, 0.2) is 0 Å². The number of amides is 1. The molecular formula is C16H28N2O3. The first kappa shape index (κ1) is 16.3. The van der Waals surface area contributed by atoms with E-state index in [9.17, 15) is 9.59 Å². The zero-order valence-electron chi connectivity index (χ0n) is 13.3. The van der Waals surface area contributed by atoms with Crippen LogP contribution in [0.3, 0.4) is 0 Å². The summed E-state index contributed by atoms with van der Waals surface area (Å²) >= 11 is 0. The predicted octanol–water partition coefficient (Wildman–Crippen LogP) is 1.80. The fourth-order valence-corrected chi connectivity index (χ4v) is 3.22. The van der Waals surface area contributed by atoms with Gasteiger partial charge in [-0.3, -0.25) is 14.5 Å². The third kappa shape index (κ3) is 4.43. The van der Waals surface area contributed by atoms with Crippen LogP contribution < -0.4 is 0 Å². The van der Waals surface area contributed by atoms with Crippen LogP contribution in [0.5, 0.6) is 0 Å². The molecule has 2 atom stereocenters. The molecule has 0 aromatic carbocycles. The van der Waals surface area contributed by atoms with E-state index in [0.29, 0.717) is 0 Å². The Bertz CT molecular complexity index is 365. The quantitative estimate of drug-likeness (QED) is 0.745. The van der Waals surface area contributed by atoms with E-state index in [-0.39, 0.29) is 17.9 Å². The molecule has 0 aromatic rings. The number of carbonyl (C=O) groups is 2. The molecule has 5 nitrogen and oxygen atoms in total. The molecule has 0 radical (unpaired) electrons. The average molecular weight is 296 g/mol. The van der Waals surface area contributed by atoms with E-state index >= 15 is 0 Å². The minimum Gasteiger partial charge on any atom is -0.451 e. The molecule has 0 saturated carbocycles. The molecule has 2 aliphatic rings. The minimum atomic E-state index is -0.661. The molecule has 1 amide bonds. The molecule has 120 valence electrons. The first-order valence-corrected chi connectivity index (χ1v) is 8.29. The van der Waals surface area contributed by atoms with Gasteiger partial charge in [-0.1, -0.05) is 19.3 Å². The van der Waals surface area contributed by atoms with Crippen molar-refractivity contribution in [2.75, 3.05) is 26.7 Å². The molecule has 21 heavy (non-hydrogen) atoms. The molecule has 5 heteroatoms. The van der Waals surface area contributed by atoms with Gasteiger partial charge in [-0.15, -0.1) is 0 Å². The zero-order chi connectivity index (χ0) is 15.2. The number of hydrogen-bond acceptors (Lipinski definition) is 4. The fourth-order valence-electron chi connectivity index (χ4n) is 3.22. The minimum absolute atomic E-state index is 0.0382. The van der Waals surface area contributed by atoms with Crippen molar-refractivity contribution in [3.05, 3.63) is 0 Å². The van der Waals surface area contributed by atoms with Gasteiger partial charge in [-0.2, -0.15) is 0 Å². The smallest absolute Gasteiger partial charge is 0.324 e. The van der Waals surface area contributed by atoms with Crippen molar-refractivity contribution in [2.24, 2.45) is 0 Å². The summed E-state index contributed by atoms with van der Waals surface area (Å²) in [5.41, 5.74) is 0. The van der Waals surface area contributed by atoms with E-state index in [4.69, 9.17) is 4.74 Å². The Labute approximate surface area is 127 Å². The van der Waals surface area contributed by atoms with Gasteiger partial charge >= 0.3 is 5.97 Å². The van der Waals surface area contributed by atoms with Crippen molar-refractivity contribution in [1.29, 1.82) is 0 Å². The third-order valence-corrected chi connectivity index (χ3v) is 4.60. The second-order valence-electron chi connectivity index (χ2n) is 6.31. The number of nitrogens with zero attached hydrogens (tertiary/aromatic N) is 2. The lowest BCUT2D eigenvalue weighted by atomic mass is 10.0. The molecule has 0 N–H and O–H groups in total. The van der Waals surface area contributed by atoms with Crippen LogP contribution >= 0.6 is 0 Å². The van der Waals surface area contributed by atoms with Crippen LogP contribution in [-0.2, 0) is 14.3 Å². The number of likely N-dealkylation sites (N-methyl/N-ethyl adjacent to an activating group) is 1. The largest absolute Gasteiger partial charge is 0.451 e. The van der Waals surface area contributed by atoms with Crippen molar-refractivity contribution in [2.45, 2.75) is 64.0 Å². The molecule has 2 saturated heterocycles. The first-order valence-electron chi connectivity index (χ1n) is 8.29. The average Bonchev–Trinajstić information content (AvgIpc) is 2.75. The van der Waals surface area contributed by atoms with Crippen molar-refractivity contribution in [3.63, 3.8) is 0 Å². The molecule has 0 aliphatic carbocycles. The van der Waals surface area contributed by atoms with E-state index in [2.05, 4.69) is 0 Å². The molecule has 0 bridgehead atoms. The van der Waals surface area contributed by atoms with Gasteiger partial charge in [0, 0.05) is 13.1 Å². The molecule has 0 aromatic heterocycles. The van der Waals surface area contributed by atoms with Gasteiger partial charge in [-0.25, -0.2) is 0 Å². The highest BCUT2D eigenvalue weighted by Gasteiger charge is 2.31. The van der Waals surface area contributed by atoms with Gasteiger partial charge < -0.3 is 9.64 Å². The summed E-state index contributed by atoms with van der Waals surface area (Å²) in [5, 5.41) is 0. The Kier molecular flexibility index (Phi) is 6.03. The first-order chi connectivity index (χ1) is 10.1. The monoisotopic (exact) mass is 296 g/mol. The van der Waals surface area contributed by atoms with E-state index < -0.39 is 6.10 Å². The standard InChI is InChI=1S/C16H28N2O3/c1-13(15(19)18-11-6-3-4-7-12-18)21-16(20)14-9-5-8-10-17(14)2/h13-14H,3-12H2,1-2H3/t13-,14-/m0/s1. The number of carbonyl (C=O) groups excluding carboxylic acids is 2. The van der Waals surface area contributed by atoms with Crippen LogP contribution in [0.1, 0.15) is 51.9 Å². The molecule has 2 rings (SSSR count). The third-order valence-electron chi connectivity index (χ3n) is 4.60. The number of hydrogen-bond donors (Lipinski definition) is 0. The van der Waals surface area contributed by atoms with Crippen molar-refractivity contribution >= 4 is 11.9 Å². The predicted molar refractivity (Wildman–Crippen MR) is 80.9 cm³/mol. The topological polar surface area (TPSA) is 49.9 Å². The lowest BCUT2D eigenvalue weighted by Gasteiger charge is -2.32. The SMILES string of the molecule is C[C@H](OC(=O)[C@@H]1CCCCN1C)C(=O)N1CCCCCC1. The van der Waals surface area contributed by atoms with Crippen LogP contribution in [-0.4, -0.2) is 60.5 Å². The molecule has 0 spiro atoms. The highest BCUT2D eigenvalue weighted by atomic mass is 16.5. The summed E-state index contributed by atoms with van der Waals surface area (Å²) in [6.45, 7) is 4.22. The number of rotatable bonds is 3. The highest BCUT2D eigenvalue weighted by molar-refractivity contribution is 5.85.